The molecule has 0 bridgehead atoms. The third kappa shape index (κ3) is 10.8. The van der Waals surface area contributed by atoms with Crippen molar-refractivity contribution in [1.29, 1.82) is 0 Å². The molecule has 34 heavy (non-hydrogen) atoms. The molecule has 188 valence electrons. The smallest absolute Gasteiger partial charge is 0.243 e. The molecule has 0 spiro atoms. The summed E-state index contributed by atoms with van der Waals surface area (Å²) in [6, 6.07) is -2.37. The Balaban J connectivity index is 2.76. The van der Waals surface area contributed by atoms with Gasteiger partial charge in [-0.2, -0.15) is 0 Å². The number of ketones is 2. The summed E-state index contributed by atoms with van der Waals surface area (Å²) in [6.07, 6.45) is 6.45. The first-order valence-corrected chi connectivity index (χ1v) is 12.0. The second-order valence-electron chi connectivity index (χ2n) is 7.79. The molecule has 0 radical (unpaired) electrons. The van der Waals surface area contributed by atoms with E-state index >= 15 is 0 Å². The number of nitrogens with one attached hydrogen (secondary N) is 2. The normalized spacial score (nSPS) is 15.1. The standard InChI is InChI=1S/C22H31N3O8S/c1-2-3-4-5-6-13-9-17(27)18(10-16(13)26)34-12-15(21(31)24-11-20(29)30)25-19(28)8-7-14(23)22(32)33/h9-10,14-15H,2-8,11-12,23H2,1H3,(H,24,31)(H,25,28)(H,29,30)(H,32,33)/p-1. The van der Waals surface area contributed by atoms with Crippen molar-refractivity contribution in [2.75, 3.05) is 12.3 Å². The SMILES string of the molecule is CCCCCCC1=CC(=O)C(SCC(NC(=O)CCC([NH3+])C(=O)[O-])C(=O)NCC(=O)[O-])=CC1=O. The highest BCUT2D eigenvalue weighted by Gasteiger charge is 2.25. The molecule has 0 aromatic carbocycles. The fraction of sp³-hybridized carbons (Fsp3) is 0.545. The highest BCUT2D eigenvalue weighted by molar-refractivity contribution is 8.04. The lowest BCUT2D eigenvalue weighted by Crippen LogP contribution is -2.68. The summed E-state index contributed by atoms with van der Waals surface area (Å²) in [5, 5.41) is 25.8. The zero-order chi connectivity index (χ0) is 25.7. The monoisotopic (exact) mass is 496 g/mol. The van der Waals surface area contributed by atoms with Gasteiger partial charge in [0.15, 0.2) is 11.6 Å². The fourth-order valence-corrected chi connectivity index (χ4v) is 3.93. The molecule has 2 atom stereocenters. The van der Waals surface area contributed by atoms with Gasteiger partial charge in [-0.15, -0.1) is 11.8 Å². The first-order chi connectivity index (χ1) is 16.0. The van der Waals surface area contributed by atoms with E-state index in [0.717, 1.165) is 37.4 Å². The van der Waals surface area contributed by atoms with Crippen LogP contribution in [0, 0.1) is 0 Å². The third-order valence-corrected chi connectivity index (χ3v) is 6.07. The first-order valence-electron chi connectivity index (χ1n) is 11.0. The van der Waals surface area contributed by atoms with Crippen molar-refractivity contribution >= 4 is 47.1 Å². The number of quaternary nitrogens is 1. The molecule has 1 rings (SSSR count). The van der Waals surface area contributed by atoms with E-state index in [-0.39, 0.29) is 35.1 Å². The molecule has 0 saturated carbocycles. The Labute approximate surface area is 201 Å². The maximum atomic E-state index is 12.4. The van der Waals surface area contributed by atoms with E-state index in [1.54, 1.807) is 0 Å². The fourth-order valence-electron chi connectivity index (χ4n) is 2.96. The van der Waals surface area contributed by atoms with Gasteiger partial charge in [0.25, 0.3) is 0 Å². The number of aliphatic carboxylic acids is 2. The largest absolute Gasteiger partial charge is 0.548 e. The van der Waals surface area contributed by atoms with Gasteiger partial charge in [0.05, 0.1) is 23.4 Å². The molecule has 2 amide bonds. The van der Waals surface area contributed by atoms with E-state index in [4.69, 9.17) is 0 Å². The maximum Gasteiger partial charge on any atom is 0.243 e. The van der Waals surface area contributed by atoms with Gasteiger partial charge in [-0.1, -0.05) is 26.2 Å². The van der Waals surface area contributed by atoms with Gasteiger partial charge in [-0.05, 0) is 18.9 Å². The topological polar surface area (TPSA) is 200 Å². The van der Waals surface area contributed by atoms with Crippen LogP contribution in [0.1, 0.15) is 51.9 Å². The van der Waals surface area contributed by atoms with E-state index in [1.165, 1.54) is 12.2 Å². The van der Waals surface area contributed by atoms with Crippen LogP contribution in [-0.4, -0.2) is 59.7 Å². The molecule has 0 heterocycles. The Morgan fingerprint density at radius 1 is 1.06 bits per heavy atom. The average molecular weight is 497 g/mol. The predicted molar refractivity (Wildman–Crippen MR) is 118 cm³/mol. The molecule has 1 aliphatic rings. The predicted octanol–water partition coefficient (Wildman–Crippen LogP) is -2.86. The number of carbonyl (C=O) groups is 6. The highest BCUT2D eigenvalue weighted by atomic mass is 32.2. The lowest BCUT2D eigenvalue weighted by Gasteiger charge is -2.20. The van der Waals surface area contributed by atoms with Crippen molar-refractivity contribution < 1.29 is 44.7 Å². The van der Waals surface area contributed by atoms with Crippen LogP contribution < -0.4 is 26.6 Å². The summed E-state index contributed by atoms with van der Waals surface area (Å²) in [5.41, 5.74) is 3.77. The molecule has 5 N–H and O–H groups in total. The Kier molecular flexibility index (Phi) is 12.8. The van der Waals surface area contributed by atoms with E-state index in [2.05, 4.69) is 23.3 Å². The summed E-state index contributed by atoms with van der Waals surface area (Å²) in [4.78, 5) is 70.8. The molecule has 0 aliphatic heterocycles. The number of amides is 2. The third-order valence-electron chi connectivity index (χ3n) is 4.94. The number of allylic oxidation sites excluding steroid dienone is 4. The molecule has 11 nitrogen and oxygen atoms in total. The minimum atomic E-state index is -1.53. The van der Waals surface area contributed by atoms with Crippen LogP contribution in [0.15, 0.2) is 22.6 Å². The number of unbranched alkanes of at least 4 members (excludes halogenated alkanes) is 3. The molecule has 0 aromatic heterocycles. The molecule has 0 saturated heterocycles. The molecular weight excluding hydrogens is 466 g/mol. The second kappa shape index (κ2) is 15.0. The summed E-state index contributed by atoms with van der Waals surface area (Å²) in [6.45, 7) is 1.28. The number of carboxylic acid groups (broad SMARTS) is 2. The van der Waals surface area contributed by atoms with Gasteiger partial charge in [-0.3, -0.25) is 19.2 Å². The van der Waals surface area contributed by atoms with Crippen molar-refractivity contribution in [1.82, 2.24) is 10.6 Å². The molecule has 1 aliphatic carbocycles. The van der Waals surface area contributed by atoms with Gasteiger partial charge in [0.2, 0.25) is 11.8 Å². The van der Waals surface area contributed by atoms with Crippen LogP contribution in [0.4, 0.5) is 0 Å². The van der Waals surface area contributed by atoms with Gasteiger partial charge in [0.1, 0.15) is 12.1 Å². The highest BCUT2D eigenvalue weighted by Crippen LogP contribution is 2.25. The molecule has 2 unspecified atom stereocenters. The minimum absolute atomic E-state index is 0.101. The Hall–Kier alpha value is -2.99. The zero-order valence-electron chi connectivity index (χ0n) is 19.1. The van der Waals surface area contributed by atoms with Crippen molar-refractivity contribution in [3.8, 4) is 0 Å². The minimum Gasteiger partial charge on any atom is -0.548 e. The summed E-state index contributed by atoms with van der Waals surface area (Å²) in [7, 11) is 0. The second-order valence-corrected chi connectivity index (χ2v) is 8.85. The summed E-state index contributed by atoms with van der Waals surface area (Å²) >= 11 is 0.876. The van der Waals surface area contributed by atoms with Crippen molar-refractivity contribution in [2.45, 2.75) is 64.0 Å². The van der Waals surface area contributed by atoms with Crippen molar-refractivity contribution in [3.05, 3.63) is 22.6 Å². The number of hydrogen-bond donors (Lipinski definition) is 3. The Morgan fingerprint density at radius 2 is 1.76 bits per heavy atom. The van der Waals surface area contributed by atoms with Gasteiger partial charge in [0, 0.05) is 30.2 Å². The summed E-state index contributed by atoms with van der Waals surface area (Å²) in [5.74, 6) is -5.29. The first kappa shape index (κ1) is 29.0. The van der Waals surface area contributed by atoms with Crippen LogP contribution in [0.25, 0.3) is 0 Å². The van der Waals surface area contributed by atoms with Gasteiger partial charge >= 0.3 is 0 Å². The van der Waals surface area contributed by atoms with E-state index < -0.39 is 42.4 Å². The molecule has 0 fully saturated rings. The molecular formula is C22H30N3O8S-. The summed E-state index contributed by atoms with van der Waals surface area (Å²) < 4.78 is 0. The number of thioether (sulfide) groups is 1. The zero-order valence-corrected chi connectivity index (χ0v) is 19.9. The average Bonchev–Trinajstić information content (AvgIpc) is 2.78. The van der Waals surface area contributed by atoms with Crippen LogP contribution >= 0.6 is 11.8 Å². The van der Waals surface area contributed by atoms with E-state index in [0.29, 0.717) is 12.0 Å². The van der Waals surface area contributed by atoms with Crippen LogP contribution in [0.5, 0.6) is 0 Å². The number of hydrogen-bond acceptors (Lipinski definition) is 9. The maximum absolute atomic E-state index is 12.4. The lowest BCUT2D eigenvalue weighted by atomic mass is 9.97. The number of carboxylic acids is 2. The van der Waals surface area contributed by atoms with Crippen LogP contribution in [0.2, 0.25) is 0 Å². The van der Waals surface area contributed by atoms with Gasteiger partial charge < -0.3 is 36.2 Å². The molecule has 12 heteroatoms. The Bertz CT molecular complexity index is 868. The van der Waals surface area contributed by atoms with Gasteiger partial charge in [-0.25, -0.2) is 0 Å². The number of carbonyl (C=O) groups excluding carboxylic acids is 6. The Morgan fingerprint density at radius 3 is 2.38 bits per heavy atom. The van der Waals surface area contributed by atoms with E-state index in [1.807, 2.05) is 0 Å². The van der Waals surface area contributed by atoms with Crippen LogP contribution in [-0.2, 0) is 28.8 Å². The van der Waals surface area contributed by atoms with Crippen LogP contribution in [0.3, 0.4) is 0 Å². The molecule has 0 aromatic rings. The number of rotatable bonds is 16. The van der Waals surface area contributed by atoms with Crippen molar-refractivity contribution in [2.24, 2.45) is 0 Å². The van der Waals surface area contributed by atoms with Crippen molar-refractivity contribution in [3.63, 3.8) is 0 Å². The lowest BCUT2D eigenvalue weighted by molar-refractivity contribution is -0.438. The quantitative estimate of drug-likeness (QED) is 0.148. The van der Waals surface area contributed by atoms with E-state index in [9.17, 15) is 39.0 Å².